The molecule has 2 aliphatic heterocycles. The van der Waals surface area contributed by atoms with Crippen molar-refractivity contribution in [2.75, 3.05) is 44.7 Å². The van der Waals surface area contributed by atoms with Gasteiger partial charge in [0.15, 0.2) is 11.5 Å². The number of piperazine rings is 1. The Labute approximate surface area is 250 Å². The number of likely N-dealkylation sites (tertiary alicyclic amines) is 1. The molecule has 2 saturated heterocycles. The summed E-state index contributed by atoms with van der Waals surface area (Å²) in [4.78, 5) is 32.0. The first kappa shape index (κ1) is 30.3. The molecular weight excluding hydrogens is 552 g/mol. The topological polar surface area (TPSA) is 98.5 Å². The van der Waals surface area contributed by atoms with E-state index in [4.69, 9.17) is 14.7 Å². The van der Waals surface area contributed by atoms with Crippen molar-refractivity contribution in [3.05, 3.63) is 53.6 Å². The number of anilines is 1. The maximum absolute atomic E-state index is 16.0. The zero-order valence-corrected chi connectivity index (χ0v) is 25.1. The fourth-order valence-electron chi connectivity index (χ4n) is 6.08. The van der Waals surface area contributed by atoms with Crippen LogP contribution in [0.2, 0.25) is 0 Å². The largest absolute Gasteiger partial charge is 0.462 e. The molecule has 1 aromatic carbocycles. The standard InChI is InChI=1S/C32H37F2N7O2/c1-19(2)24-10-6-8-20(3)27(24)28-26(34)16-25-29(36-28)37-32(43-18-23-9-7-13-39(23)5)38-30(25)40-14-15-41(31(42)21(4)33)22(17-40)11-12-35/h6,8,10,16,19,22-23H,4,7,9,11,13-15,17-18H2,1-3,5H3. The number of fused-ring (bicyclic) bond motifs is 1. The Morgan fingerprint density at radius 3 is 2.67 bits per heavy atom. The lowest BCUT2D eigenvalue weighted by Gasteiger charge is -2.41. The summed E-state index contributed by atoms with van der Waals surface area (Å²) >= 11 is 0. The molecule has 0 radical (unpaired) electrons. The lowest BCUT2D eigenvalue weighted by molar-refractivity contribution is -0.131. The summed E-state index contributed by atoms with van der Waals surface area (Å²) in [6, 6.07) is 9.10. The molecular formula is C32H37F2N7O2. The molecule has 2 fully saturated rings. The highest BCUT2D eigenvalue weighted by molar-refractivity contribution is 5.92. The SMILES string of the molecule is C=C(F)C(=O)N1CCN(c2nc(OCC3CCCN3C)nc3nc(-c4c(C)cccc4C(C)C)c(F)cc23)CC1CC#N. The quantitative estimate of drug-likeness (QED) is 0.333. The number of nitrogens with zero attached hydrogens (tertiary/aromatic N) is 7. The van der Waals surface area contributed by atoms with Crippen molar-refractivity contribution in [1.82, 2.24) is 24.8 Å². The molecule has 0 aliphatic carbocycles. The zero-order valence-electron chi connectivity index (χ0n) is 25.1. The number of aryl methyl sites for hydroxylation is 1. The van der Waals surface area contributed by atoms with E-state index >= 15 is 4.39 Å². The van der Waals surface area contributed by atoms with Crippen molar-refractivity contribution in [3.63, 3.8) is 0 Å². The average molecular weight is 590 g/mol. The van der Waals surface area contributed by atoms with E-state index in [9.17, 15) is 14.4 Å². The van der Waals surface area contributed by atoms with Crippen molar-refractivity contribution < 1.29 is 18.3 Å². The number of nitriles is 1. The van der Waals surface area contributed by atoms with Gasteiger partial charge in [0, 0.05) is 31.2 Å². The van der Waals surface area contributed by atoms with Crippen molar-refractivity contribution in [2.45, 2.75) is 58.0 Å². The summed E-state index contributed by atoms with van der Waals surface area (Å²) in [7, 11) is 2.06. The highest BCUT2D eigenvalue weighted by Gasteiger charge is 2.34. The van der Waals surface area contributed by atoms with E-state index in [0.717, 1.165) is 36.1 Å². The fraction of sp³-hybridized carbons (Fsp3) is 0.469. The highest BCUT2D eigenvalue weighted by Crippen LogP contribution is 2.36. The van der Waals surface area contributed by atoms with E-state index in [1.807, 2.05) is 30.0 Å². The zero-order chi connectivity index (χ0) is 30.8. The molecule has 2 aromatic heterocycles. The number of pyridine rings is 1. The van der Waals surface area contributed by atoms with Gasteiger partial charge in [-0.05, 0) is 56.5 Å². The number of likely N-dealkylation sites (N-methyl/N-ethyl adjacent to an activating group) is 1. The van der Waals surface area contributed by atoms with Gasteiger partial charge in [0.05, 0.1) is 23.9 Å². The molecule has 9 nitrogen and oxygen atoms in total. The first-order valence-electron chi connectivity index (χ1n) is 14.7. The second-order valence-electron chi connectivity index (χ2n) is 11.7. The summed E-state index contributed by atoms with van der Waals surface area (Å²) in [5.74, 6) is -1.89. The summed E-state index contributed by atoms with van der Waals surface area (Å²) < 4.78 is 35.9. The normalized spacial score (nSPS) is 19.2. The Balaban J connectivity index is 1.60. The number of halogens is 2. The van der Waals surface area contributed by atoms with Crippen LogP contribution in [0.4, 0.5) is 14.6 Å². The van der Waals surface area contributed by atoms with Gasteiger partial charge >= 0.3 is 6.01 Å². The minimum Gasteiger partial charge on any atom is -0.462 e. The third-order valence-electron chi connectivity index (χ3n) is 8.44. The van der Waals surface area contributed by atoms with Gasteiger partial charge in [-0.3, -0.25) is 4.79 Å². The number of rotatable bonds is 8. The number of benzene rings is 1. The van der Waals surface area contributed by atoms with Crippen LogP contribution in [-0.4, -0.2) is 82.6 Å². The van der Waals surface area contributed by atoms with Gasteiger partial charge < -0.3 is 19.4 Å². The Kier molecular flexibility index (Phi) is 8.87. The maximum Gasteiger partial charge on any atom is 0.320 e. The Hall–Kier alpha value is -4.17. The van der Waals surface area contributed by atoms with Crippen LogP contribution in [0.25, 0.3) is 22.3 Å². The summed E-state index contributed by atoms with van der Waals surface area (Å²) in [5, 5.41) is 9.84. The summed E-state index contributed by atoms with van der Waals surface area (Å²) in [6.45, 7) is 11.2. The first-order chi connectivity index (χ1) is 20.6. The third-order valence-corrected chi connectivity index (χ3v) is 8.44. The van der Waals surface area contributed by atoms with Gasteiger partial charge in [-0.15, -0.1) is 0 Å². The van der Waals surface area contributed by atoms with Crippen LogP contribution < -0.4 is 9.64 Å². The van der Waals surface area contributed by atoms with Crippen LogP contribution in [-0.2, 0) is 4.79 Å². The highest BCUT2D eigenvalue weighted by atomic mass is 19.1. The van der Waals surface area contributed by atoms with Crippen LogP contribution in [0.15, 0.2) is 36.7 Å². The van der Waals surface area contributed by atoms with Crippen LogP contribution in [0.1, 0.15) is 50.2 Å². The predicted octanol–water partition coefficient (Wildman–Crippen LogP) is 5.15. The minimum absolute atomic E-state index is 0.0159. The Bertz CT molecular complexity index is 1590. The van der Waals surface area contributed by atoms with E-state index in [-0.39, 0.29) is 55.4 Å². The fourth-order valence-corrected chi connectivity index (χ4v) is 6.08. The van der Waals surface area contributed by atoms with E-state index in [1.54, 1.807) is 0 Å². The Morgan fingerprint density at radius 2 is 2.00 bits per heavy atom. The molecule has 0 saturated carbocycles. The first-order valence-corrected chi connectivity index (χ1v) is 14.7. The molecule has 0 bridgehead atoms. The van der Waals surface area contributed by atoms with E-state index in [0.29, 0.717) is 17.8 Å². The molecule has 1 amide bonds. The molecule has 2 aliphatic rings. The predicted molar refractivity (Wildman–Crippen MR) is 161 cm³/mol. The molecule has 2 unspecified atom stereocenters. The second-order valence-corrected chi connectivity index (χ2v) is 11.7. The number of hydrogen-bond donors (Lipinski definition) is 0. The molecule has 5 rings (SSSR count). The number of amides is 1. The summed E-state index contributed by atoms with van der Waals surface area (Å²) in [5.41, 5.74) is 3.11. The molecule has 3 aromatic rings. The molecule has 0 spiro atoms. The van der Waals surface area contributed by atoms with Gasteiger partial charge in [-0.25, -0.2) is 13.8 Å². The minimum atomic E-state index is -1.08. The van der Waals surface area contributed by atoms with Crippen molar-refractivity contribution in [2.24, 2.45) is 0 Å². The smallest absolute Gasteiger partial charge is 0.320 e. The third kappa shape index (κ3) is 6.15. The number of carbonyl (C=O) groups is 1. The monoisotopic (exact) mass is 589 g/mol. The van der Waals surface area contributed by atoms with Gasteiger partial charge in [0.25, 0.3) is 5.91 Å². The van der Waals surface area contributed by atoms with Crippen LogP contribution >= 0.6 is 0 Å². The molecule has 0 N–H and O–H groups in total. The average Bonchev–Trinajstić information content (AvgIpc) is 3.39. The Morgan fingerprint density at radius 1 is 1.21 bits per heavy atom. The van der Waals surface area contributed by atoms with Gasteiger partial charge in [-0.1, -0.05) is 38.6 Å². The molecule has 11 heteroatoms. The van der Waals surface area contributed by atoms with E-state index < -0.39 is 23.6 Å². The number of aromatic nitrogens is 3. The molecule has 2 atom stereocenters. The lowest BCUT2D eigenvalue weighted by atomic mass is 9.91. The van der Waals surface area contributed by atoms with E-state index in [1.165, 1.54) is 11.0 Å². The molecule has 4 heterocycles. The van der Waals surface area contributed by atoms with Crippen molar-refractivity contribution >= 4 is 22.8 Å². The number of ether oxygens (including phenoxy) is 1. The van der Waals surface area contributed by atoms with Gasteiger partial charge in [0.2, 0.25) is 0 Å². The van der Waals surface area contributed by atoms with E-state index in [2.05, 4.69) is 43.4 Å². The molecule has 43 heavy (non-hydrogen) atoms. The van der Waals surface area contributed by atoms with Crippen molar-refractivity contribution in [3.8, 4) is 23.3 Å². The second kappa shape index (κ2) is 12.6. The van der Waals surface area contributed by atoms with Gasteiger partial charge in [0.1, 0.15) is 23.9 Å². The lowest BCUT2D eigenvalue weighted by Crippen LogP contribution is -2.55. The summed E-state index contributed by atoms with van der Waals surface area (Å²) in [6.07, 6.45) is 2.07. The number of hydrogen-bond acceptors (Lipinski definition) is 8. The van der Waals surface area contributed by atoms with Crippen LogP contribution in [0, 0.1) is 24.1 Å². The number of carbonyl (C=O) groups excluding carboxylic acids is 1. The van der Waals surface area contributed by atoms with Gasteiger partial charge in [-0.2, -0.15) is 15.2 Å². The molecule has 226 valence electrons. The van der Waals surface area contributed by atoms with Crippen molar-refractivity contribution in [1.29, 1.82) is 5.26 Å². The van der Waals surface area contributed by atoms with Crippen LogP contribution in [0.3, 0.4) is 0 Å². The maximum atomic E-state index is 16.0. The van der Waals surface area contributed by atoms with Crippen LogP contribution in [0.5, 0.6) is 6.01 Å².